The molecule has 1 aromatic rings. The maximum Gasteiger partial charge on any atom is 0.243 e. The topological polar surface area (TPSA) is 57.7 Å². The zero-order valence-electron chi connectivity index (χ0n) is 16.2. The van der Waals surface area contributed by atoms with E-state index in [1.807, 2.05) is 25.7 Å². The molecule has 146 valence electrons. The van der Waals surface area contributed by atoms with Gasteiger partial charge in [0.2, 0.25) is 15.9 Å². The second-order valence-corrected chi connectivity index (χ2v) is 9.87. The summed E-state index contributed by atoms with van der Waals surface area (Å²) in [6.07, 6.45) is 2.95. The Morgan fingerprint density at radius 1 is 1.27 bits per heavy atom. The van der Waals surface area contributed by atoms with Gasteiger partial charge in [-0.1, -0.05) is 27.2 Å². The predicted molar refractivity (Wildman–Crippen MR) is 109 cm³/mol. The summed E-state index contributed by atoms with van der Waals surface area (Å²) in [5.74, 6) is 1.11. The third-order valence-corrected chi connectivity index (χ3v) is 8.04. The van der Waals surface area contributed by atoms with E-state index in [0.29, 0.717) is 31.0 Å². The summed E-state index contributed by atoms with van der Waals surface area (Å²) < 4.78 is 26.9. The first kappa shape index (κ1) is 21.3. The Labute approximate surface area is 162 Å². The molecule has 1 aromatic carbocycles. The van der Waals surface area contributed by atoms with Crippen LogP contribution in [-0.4, -0.2) is 49.3 Å². The summed E-state index contributed by atoms with van der Waals surface area (Å²) >= 11 is 1.69. The van der Waals surface area contributed by atoms with Gasteiger partial charge in [-0.15, -0.1) is 11.8 Å². The van der Waals surface area contributed by atoms with Crippen LogP contribution in [0.5, 0.6) is 0 Å². The summed E-state index contributed by atoms with van der Waals surface area (Å²) in [5.41, 5.74) is 1.80. The van der Waals surface area contributed by atoms with Gasteiger partial charge in [-0.3, -0.25) is 4.79 Å². The number of anilines is 1. The largest absolute Gasteiger partial charge is 0.311 e. The van der Waals surface area contributed by atoms with Crippen LogP contribution in [-0.2, 0) is 21.2 Å². The fourth-order valence-corrected chi connectivity index (χ4v) is 5.76. The molecule has 5 nitrogen and oxygen atoms in total. The molecule has 1 atom stereocenters. The van der Waals surface area contributed by atoms with Gasteiger partial charge in [0.05, 0.1) is 10.1 Å². The van der Waals surface area contributed by atoms with Gasteiger partial charge in [0.25, 0.3) is 0 Å². The Balaban J connectivity index is 2.19. The van der Waals surface area contributed by atoms with Crippen molar-refractivity contribution in [3.05, 3.63) is 23.8 Å². The van der Waals surface area contributed by atoms with E-state index >= 15 is 0 Å². The number of fused-ring (bicyclic) bond motifs is 1. The molecule has 0 spiro atoms. The molecule has 0 aliphatic carbocycles. The molecule has 0 N–H and O–H groups in total. The summed E-state index contributed by atoms with van der Waals surface area (Å²) in [4.78, 5) is 14.9. The van der Waals surface area contributed by atoms with Gasteiger partial charge in [0, 0.05) is 25.3 Å². The van der Waals surface area contributed by atoms with E-state index in [2.05, 4.69) is 6.92 Å². The lowest BCUT2D eigenvalue weighted by molar-refractivity contribution is -0.117. The van der Waals surface area contributed by atoms with Crippen LogP contribution in [0.1, 0.15) is 46.1 Å². The normalized spacial score (nSPS) is 15.3. The molecular weight excluding hydrogens is 368 g/mol. The Kier molecular flexibility index (Phi) is 7.55. The van der Waals surface area contributed by atoms with E-state index in [4.69, 9.17) is 0 Å². The summed E-state index contributed by atoms with van der Waals surface area (Å²) in [6.45, 7) is 9.31. The molecule has 0 bridgehead atoms. The number of hydrogen-bond donors (Lipinski definition) is 0. The lowest BCUT2D eigenvalue weighted by Crippen LogP contribution is -2.35. The molecule has 1 heterocycles. The van der Waals surface area contributed by atoms with E-state index < -0.39 is 10.0 Å². The second kappa shape index (κ2) is 9.24. The molecule has 1 unspecified atom stereocenters. The second-order valence-electron chi connectivity index (χ2n) is 6.49. The molecular formula is C19H30N2O3S2. The number of carbonyl (C=O) groups excluding carboxylic acids is 1. The number of amides is 1. The summed E-state index contributed by atoms with van der Waals surface area (Å²) in [7, 11) is -3.47. The fraction of sp³-hybridized carbons (Fsp3) is 0.632. The first-order valence-corrected chi connectivity index (χ1v) is 11.9. The zero-order valence-corrected chi connectivity index (χ0v) is 17.8. The number of nitrogens with zero attached hydrogens (tertiary/aromatic N) is 2. The summed E-state index contributed by atoms with van der Waals surface area (Å²) in [6, 6.07) is 5.16. The Bertz CT molecular complexity index is 730. The number of unbranched alkanes of at least 4 members (excludes halogenated alkanes) is 1. The highest BCUT2D eigenvalue weighted by atomic mass is 32.2. The minimum atomic E-state index is -3.47. The van der Waals surface area contributed by atoms with E-state index in [1.165, 1.54) is 4.31 Å². The van der Waals surface area contributed by atoms with Crippen molar-refractivity contribution in [2.45, 2.75) is 57.1 Å². The molecule has 0 aromatic heterocycles. The molecule has 0 radical (unpaired) electrons. The lowest BCUT2D eigenvalue weighted by Gasteiger charge is -2.22. The first-order chi connectivity index (χ1) is 12.4. The van der Waals surface area contributed by atoms with Crippen LogP contribution in [0.25, 0.3) is 0 Å². The lowest BCUT2D eigenvalue weighted by atomic mass is 10.2. The van der Waals surface area contributed by atoms with E-state index in [0.717, 1.165) is 29.8 Å². The highest BCUT2D eigenvalue weighted by Crippen LogP contribution is 2.32. The van der Waals surface area contributed by atoms with E-state index in [1.54, 1.807) is 30.0 Å². The van der Waals surface area contributed by atoms with Crippen LogP contribution < -0.4 is 4.90 Å². The van der Waals surface area contributed by atoms with Crippen molar-refractivity contribution < 1.29 is 13.2 Å². The Morgan fingerprint density at radius 2 is 1.96 bits per heavy atom. The maximum absolute atomic E-state index is 12.8. The average Bonchev–Trinajstić information content (AvgIpc) is 3.05. The predicted octanol–water partition coefficient (Wildman–Crippen LogP) is 3.53. The third-order valence-electron chi connectivity index (χ3n) is 4.77. The highest BCUT2D eigenvalue weighted by molar-refractivity contribution is 8.00. The molecule has 26 heavy (non-hydrogen) atoms. The molecule has 0 fully saturated rings. The summed E-state index contributed by atoms with van der Waals surface area (Å²) in [5, 5.41) is -0.0772. The number of thioether (sulfide) groups is 1. The number of benzene rings is 1. The van der Waals surface area contributed by atoms with Crippen molar-refractivity contribution >= 4 is 33.4 Å². The number of sulfonamides is 1. The molecule has 1 amide bonds. The van der Waals surface area contributed by atoms with Gasteiger partial charge in [0.1, 0.15) is 0 Å². The quantitative estimate of drug-likeness (QED) is 0.597. The van der Waals surface area contributed by atoms with Crippen LogP contribution in [0.3, 0.4) is 0 Å². The van der Waals surface area contributed by atoms with Crippen LogP contribution in [0.15, 0.2) is 23.1 Å². The van der Waals surface area contributed by atoms with Gasteiger partial charge in [-0.05, 0) is 49.3 Å². The fourth-order valence-electron chi connectivity index (χ4n) is 3.18. The standard InChI is InChI=1S/C19H30N2O3S2/c1-5-8-13-25-15(4)19(22)21-12-11-16-14-17(9-10-18(16)21)26(23,24)20(6-2)7-3/h9-10,14-15H,5-8,11-13H2,1-4H3. The van der Waals surface area contributed by atoms with Gasteiger partial charge >= 0.3 is 0 Å². The number of rotatable bonds is 9. The van der Waals surface area contributed by atoms with Gasteiger partial charge in [0.15, 0.2) is 0 Å². The minimum Gasteiger partial charge on any atom is -0.311 e. The average molecular weight is 399 g/mol. The number of hydrogen-bond acceptors (Lipinski definition) is 4. The van der Waals surface area contributed by atoms with Gasteiger partial charge in [-0.25, -0.2) is 8.42 Å². The molecule has 7 heteroatoms. The van der Waals surface area contributed by atoms with Gasteiger partial charge < -0.3 is 4.90 Å². The zero-order chi connectivity index (χ0) is 19.3. The third kappa shape index (κ3) is 4.43. The van der Waals surface area contributed by atoms with Crippen molar-refractivity contribution in [2.24, 2.45) is 0 Å². The smallest absolute Gasteiger partial charge is 0.243 e. The monoisotopic (exact) mass is 398 g/mol. The molecule has 0 saturated carbocycles. The Hall–Kier alpha value is -1.05. The van der Waals surface area contributed by atoms with Crippen molar-refractivity contribution in [2.75, 3.05) is 30.3 Å². The SMILES string of the molecule is CCCCSC(C)C(=O)N1CCc2cc(S(=O)(=O)N(CC)CC)ccc21. The van der Waals surface area contributed by atoms with Crippen molar-refractivity contribution in [3.8, 4) is 0 Å². The van der Waals surface area contributed by atoms with Crippen LogP contribution in [0, 0.1) is 0 Å². The van der Waals surface area contributed by atoms with Crippen LogP contribution in [0.2, 0.25) is 0 Å². The maximum atomic E-state index is 12.8. The first-order valence-electron chi connectivity index (χ1n) is 9.42. The number of carbonyl (C=O) groups is 1. The molecule has 0 saturated heterocycles. The van der Waals surface area contributed by atoms with E-state index in [-0.39, 0.29) is 11.2 Å². The van der Waals surface area contributed by atoms with Gasteiger partial charge in [-0.2, -0.15) is 4.31 Å². The van der Waals surface area contributed by atoms with Crippen LogP contribution in [0.4, 0.5) is 5.69 Å². The van der Waals surface area contributed by atoms with E-state index in [9.17, 15) is 13.2 Å². The van der Waals surface area contributed by atoms with Crippen molar-refractivity contribution in [1.29, 1.82) is 0 Å². The molecule has 1 aliphatic heterocycles. The van der Waals surface area contributed by atoms with Crippen molar-refractivity contribution in [3.63, 3.8) is 0 Å². The Morgan fingerprint density at radius 3 is 2.58 bits per heavy atom. The molecule has 2 rings (SSSR count). The van der Waals surface area contributed by atoms with Crippen LogP contribution >= 0.6 is 11.8 Å². The molecule has 1 aliphatic rings. The minimum absolute atomic E-state index is 0.0772. The highest BCUT2D eigenvalue weighted by Gasteiger charge is 2.30. The van der Waals surface area contributed by atoms with Crippen molar-refractivity contribution in [1.82, 2.24) is 4.31 Å².